The normalized spacial score (nSPS) is 15.3. The average Bonchev–Trinajstić information content (AvgIpc) is 2.99. The SMILES string of the molecule is O=C(NC1CCCCCC1)c1ccc(Cn2nnc3ccccc3c2=O)cc1. The Bertz CT molecular complexity index is 1020. The Labute approximate surface area is 163 Å². The van der Waals surface area contributed by atoms with Gasteiger partial charge in [-0.25, -0.2) is 4.68 Å². The van der Waals surface area contributed by atoms with E-state index in [2.05, 4.69) is 15.6 Å². The third-order valence-corrected chi connectivity index (χ3v) is 5.37. The largest absolute Gasteiger partial charge is 0.349 e. The first-order valence-electron chi connectivity index (χ1n) is 9.93. The van der Waals surface area contributed by atoms with Gasteiger partial charge in [-0.1, -0.05) is 55.2 Å². The van der Waals surface area contributed by atoms with Crippen molar-refractivity contribution in [2.75, 3.05) is 0 Å². The Balaban J connectivity index is 1.45. The number of amides is 1. The predicted octanol–water partition coefficient (Wildman–Crippen LogP) is 3.29. The first-order chi connectivity index (χ1) is 13.7. The highest BCUT2D eigenvalue weighted by Crippen LogP contribution is 2.18. The van der Waals surface area contributed by atoms with Crippen molar-refractivity contribution < 1.29 is 4.79 Å². The van der Waals surface area contributed by atoms with E-state index in [-0.39, 0.29) is 17.5 Å². The van der Waals surface area contributed by atoms with Gasteiger partial charge in [-0.15, -0.1) is 5.10 Å². The van der Waals surface area contributed by atoms with E-state index in [9.17, 15) is 9.59 Å². The van der Waals surface area contributed by atoms with Crippen molar-refractivity contribution in [3.8, 4) is 0 Å². The zero-order chi connectivity index (χ0) is 19.3. The minimum absolute atomic E-state index is 0.0267. The van der Waals surface area contributed by atoms with Gasteiger partial charge in [0.2, 0.25) is 0 Å². The third-order valence-electron chi connectivity index (χ3n) is 5.37. The first kappa shape index (κ1) is 18.3. The molecule has 1 N–H and O–H groups in total. The second-order valence-electron chi connectivity index (χ2n) is 7.43. The number of nitrogens with one attached hydrogen (secondary N) is 1. The van der Waals surface area contributed by atoms with Crippen molar-refractivity contribution in [1.29, 1.82) is 0 Å². The van der Waals surface area contributed by atoms with Gasteiger partial charge in [-0.2, -0.15) is 0 Å². The fourth-order valence-electron chi connectivity index (χ4n) is 3.75. The van der Waals surface area contributed by atoms with Crippen molar-refractivity contribution in [3.63, 3.8) is 0 Å². The molecule has 0 saturated heterocycles. The Morgan fingerprint density at radius 1 is 1.00 bits per heavy atom. The molecule has 28 heavy (non-hydrogen) atoms. The van der Waals surface area contributed by atoms with E-state index in [1.54, 1.807) is 24.3 Å². The van der Waals surface area contributed by atoms with E-state index in [1.807, 2.05) is 24.3 Å². The molecule has 1 aliphatic rings. The molecule has 1 aromatic heterocycles. The van der Waals surface area contributed by atoms with E-state index in [0.29, 0.717) is 23.0 Å². The van der Waals surface area contributed by atoms with Crippen LogP contribution in [0.2, 0.25) is 0 Å². The van der Waals surface area contributed by atoms with E-state index < -0.39 is 0 Å². The van der Waals surface area contributed by atoms with Crippen LogP contribution in [0.1, 0.15) is 54.4 Å². The van der Waals surface area contributed by atoms with Gasteiger partial charge in [0.1, 0.15) is 5.52 Å². The zero-order valence-electron chi connectivity index (χ0n) is 15.8. The number of aromatic nitrogens is 3. The molecule has 3 aromatic rings. The Kier molecular flexibility index (Phi) is 5.46. The maximum atomic E-state index is 12.6. The van der Waals surface area contributed by atoms with Crippen molar-refractivity contribution in [2.45, 2.75) is 51.1 Å². The van der Waals surface area contributed by atoms with Crippen molar-refractivity contribution in [2.24, 2.45) is 0 Å². The minimum atomic E-state index is -0.166. The standard InChI is InChI=1S/C22H24N4O2/c27-21(23-18-7-3-1-2-4-8-18)17-13-11-16(12-14-17)15-26-22(28)19-9-5-6-10-20(19)24-25-26/h5-6,9-14,18H,1-4,7-8,15H2,(H,23,27). The lowest BCUT2D eigenvalue weighted by Crippen LogP contribution is -2.34. The molecule has 1 amide bonds. The van der Waals surface area contributed by atoms with Gasteiger partial charge < -0.3 is 5.32 Å². The number of fused-ring (bicyclic) bond motifs is 1. The number of nitrogens with zero attached hydrogens (tertiary/aromatic N) is 3. The molecule has 0 aliphatic heterocycles. The molecule has 1 saturated carbocycles. The average molecular weight is 376 g/mol. The first-order valence-corrected chi connectivity index (χ1v) is 9.93. The van der Waals surface area contributed by atoms with Crippen LogP contribution in [0, 0.1) is 0 Å². The molecular weight excluding hydrogens is 352 g/mol. The predicted molar refractivity (Wildman–Crippen MR) is 108 cm³/mol. The Hall–Kier alpha value is -3.02. The number of carbonyl (C=O) groups is 1. The maximum Gasteiger partial charge on any atom is 0.277 e. The van der Waals surface area contributed by atoms with Crippen LogP contribution in [-0.2, 0) is 6.54 Å². The lowest BCUT2D eigenvalue weighted by Gasteiger charge is -2.16. The summed E-state index contributed by atoms with van der Waals surface area (Å²) in [6.07, 6.45) is 7.02. The molecule has 144 valence electrons. The summed E-state index contributed by atoms with van der Waals surface area (Å²) in [6, 6.07) is 14.8. The van der Waals surface area contributed by atoms with Crippen LogP contribution in [-0.4, -0.2) is 26.9 Å². The fourth-order valence-corrected chi connectivity index (χ4v) is 3.75. The van der Waals surface area contributed by atoms with Crippen LogP contribution in [0.5, 0.6) is 0 Å². The molecule has 0 atom stereocenters. The smallest absolute Gasteiger partial charge is 0.277 e. The molecular formula is C22H24N4O2. The summed E-state index contributed by atoms with van der Waals surface area (Å²) in [6.45, 7) is 0.321. The van der Waals surface area contributed by atoms with Crippen molar-refractivity contribution >= 4 is 16.8 Å². The molecule has 0 radical (unpaired) electrons. The van der Waals surface area contributed by atoms with Crippen molar-refractivity contribution in [1.82, 2.24) is 20.3 Å². The summed E-state index contributed by atoms with van der Waals surface area (Å²) in [5, 5.41) is 11.8. The molecule has 6 nitrogen and oxygen atoms in total. The second kappa shape index (κ2) is 8.33. The minimum Gasteiger partial charge on any atom is -0.349 e. The number of rotatable bonds is 4. The molecule has 4 rings (SSSR count). The highest BCUT2D eigenvalue weighted by atomic mass is 16.1. The monoisotopic (exact) mass is 376 g/mol. The summed E-state index contributed by atoms with van der Waals surface area (Å²) in [7, 11) is 0. The maximum absolute atomic E-state index is 12.6. The number of carbonyl (C=O) groups excluding carboxylic acids is 1. The van der Waals surface area contributed by atoms with Gasteiger partial charge in [0.15, 0.2) is 0 Å². The summed E-state index contributed by atoms with van der Waals surface area (Å²) >= 11 is 0. The molecule has 1 heterocycles. The van der Waals surface area contributed by atoms with Gasteiger partial charge in [0, 0.05) is 11.6 Å². The lowest BCUT2D eigenvalue weighted by molar-refractivity contribution is 0.0933. The van der Waals surface area contributed by atoms with Gasteiger partial charge in [-0.3, -0.25) is 9.59 Å². The Morgan fingerprint density at radius 3 is 2.46 bits per heavy atom. The highest BCUT2D eigenvalue weighted by Gasteiger charge is 2.15. The molecule has 0 spiro atoms. The summed E-state index contributed by atoms with van der Waals surface area (Å²) in [5.74, 6) is -0.0267. The molecule has 6 heteroatoms. The summed E-state index contributed by atoms with van der Waals surface area (Å²) in [4.78, 5) is 25.1. The van der Waals surface area contributed by atoms with Crippen LogP contribution < -0.4 is 10.9 Å². The summed E-state index contributed by atoms with van der Waals surface area (Å²) in [5.41, 5.74) is 1.97. The number of hydrogen-bond acceptors (Lipinski definition) is 4. The van der Waals surface area contributed by atoms with Crippen LogP contribution in [0.3, 0.4) is 0 Å². The van der Waals surface area contributed by atoms with Crippen molar-refractivity contribution in [3.05, 3.63) is 70.0 Å². The molecule has 2 aromatic carbocycles. The lowest BCUT2D eigenvalue weighted by atomic mass is 10.1. The van der Waals surface area contributed by atoms with Gasteiger partial charge in [-0.05, 0) is 42.7 Å². The van der Waals surface area contributed by atoms with Crippen LogP contribution >= 0.6 is 0 Å². The molecule has 0 bridgehead atoms. The second-order valence-corrected chi connectivity index (χ2v) is 7.43. The van der Waals surface area contributed by atoms with Crippen LogP contribution in [0.4, 0.5) is 0 Å². The van der Waals surface area contributed by atoms with E-state index in [1.165, 1.54) is 30.4 Å². The van der Waals surface area contributed by atoms with Gasteiger partial charge in [0.05, 0.1) is 11.9 Å². The van der Waals surface area contributed by atoms with Crippen LogP contribution in [0.15, 0.2) is 53.3 Å². The third kappa shape index (κ3) is 4.11. The van der Waals surface area contributed by atoms with Gasteiger partial charge >= 0.3 is 0 Å². The van der Waals surface area contributed by atoms with Gasteiger partial charge in [0.25, 0.3) is 11.5 Å². The Morgan fingerprint density at radius 2 is 1.71 bits per heavy atom. The highest BCUT2D eigenvalue weighted by molar-refractivity contribution is 5.94. The molecule has 1 aliphatic carbocycles. The quantitative estimate of drug-likeness (QED) is 0.709. The molecule has 0 unspecified atom stereocenters. The van der Waals surface area contributed by atoms with E-state index >= 15 is 0 Å². The van der Waals surface area contributed by atoms with Crippen LogP contribution in [0.25, 0.3) is 10.9 Å². The zero-order valence-corrected chi connectivity index (χ0v) is 15.8. The topological polar surface area (TPSA) is 76.9 Å². The van der Waals surface area contributed by atoms with E-state index in [0.717, 1.165) is 18.4 Å². The fraction of sp³-hybridized carbons (Fsp3) is 0.364. The molecule has 1 fully saturated rings. The number of benzene rings is 2. The summed E-state index contributed by atoms with van der Waals surface area (Å²) < 4.78 is 1.35. The van der Waals surface area contributed by atoms with E-state index in [4.69, 9.17) is 0 Å². The number of hydrogen-bond donors (Lipinski definition) is 1.